The van der Waals surface area contributed by atoms with Gasteiger partial charge in [-0.05, 0) is 0 Å². The van der Waals surface area contributed by atoms with Crippen molar-refractivity contribution in [3.8, 4) is 0 Å². The fraction of sp³-hybridized carbons (Fsp3) is 1.00. The van der Waals surface area contributed by atoms with Crippen LogP contribution >= 0.6 is 46.6 Å². The Labute approximate surface area is 72.3 Å². The Morgan fingerprint density at radius 1 is 1.25 bits per heavy atom. The molecule has 0 aromatic carbocycles. The summed E-state index contributed by atoms with van der Waals surface area (Å²) >= 11 is 1.72. The van der Waals surface area contributed by atoms with Gasteiger partial charge in [0.15, 0.2) is 0 Å². The molecule has 54 valence electrons. The van der Waals surface area contributed by atoms with Crippen LogP contribution in [0.1, 0.15) is 0 Å². The standard InChI is InChI=1S/C4H12I3N/c1-6(5)7(2)8(3)4/h1-4H3. The summed E-state index contributed by atoms with van der Waals surface area (Å²) < 4.78 is 2.46. The van der Waals surface area contributed by atoms with Gasteiger partial charge in [-0.3, -0.25) is 0 Å². The zero-order valence-electron chi connectivity index (χ0n) is 5.58. The number of halogens is 3. The Kier molecular flexibility index (Phi) is 6.20. The maximum absolute atomic E-state index is 2.67. The molecule has 0 amide bonds. The molecule has 0 radical (unpaired) electrons. The number of alkyl halides is 2. The molecule has 0 rings (SSSR count). The van der Waals surface area contributed by atoms with Crippen molar-refractivity contribution >= 4 is 46.6 Å². The molecule has 0 saturated heterocycles. The predicted molar refractivity (Wildman–Crippen MR) is 67.6 cm³/mol. The zero-order chi connectivity index (χ0) is 6.73. The fourth-order valence-electron chi connectivity index (χ4n) is 0.176. The fourth-order valence-corrected chi connectivity index (χ4v) is 20.3. The molecule has 0 aliphatic carbocycles. The molecule has 0 atom stereocenters. The summed E-state index contributed by atoms with van der Waals surface area (Å²) in [5.74, 6) is 0. The van der Waals surface area contributed by atoms with Gasteiger partial charge in [0.1, 0.15) is 0 Å². The van der Waals surface area contributed by atoms with Gasteiger partial charge >= 0.3 is 73.7 Å². The third kappa shape index (κ3) is 4.04. The Morgan fingerprint density at radius 2 is 1.62 bits per heavy atom. The van der Waals surface area contributed by atoms with Crippen LogP contribution in [0, 0.1) is 0 Å². The van der Waals surface area contributed by atoms with Gasteiger partial charge in [-0.15, -0.1) is 0 Å². The third-order valence-electron chi connectivity index (χ3n) is 0.751. The average Bonchev–Trinajstić information content (AvgIpc) is 1.64. The summed E-state index contributed by atoms with van der Waals surface area (Å²) in [6, 6.07) is 0. The van der Waals surface area contributed by atoms with Crippen LogP contribution in [0.25, 0.3) is 0 Å². The monoisotopic (exact) mass is 455 g/mol. The average molecular weight is 455 g/mol. The second-order valence-electron chi connectivity index (χ2n) is 1.50. The van der Waals surface area contributed by atoms with Crippen molar-refractivity contribution in [2.75, 3.05) is 24.0 Å². The Bertz CT molecular complexity index is 56.3. The van der Waals surface area contributed by atoms with Gasteiger partial charge in [-0.2, -0.15) is 0 Å². The number of nitrogens with zero attached hydrogens (tertiary/aromatic N) is 1. The van der Waals surface area contributed by atoms with E-state index in [1.54, 1.807) is 0 Å². The van der Waals surface area contributed by atoms with Gasteiger partial charge in [0.25, 0.3) is 0 Å². The van der Waals surface area contributed by atoms with Gasteiger partial charge in [-0.1, -0.05) is 0 Å². The first-order valence-electron chi connectivity index (χ1n) is 2.11. The van der Waals surface area contributed by atoms with Crippen LogP contribution in [0.2, 0.25) is 0 Å². The summed E-state index contributed by atoms with van der Waals surface area (Å²) in [5, 5.41) is 0. The van der Waals surface area contributed by atoms with E-state index >= 15 is 0 Å². The molecular weight excluding hydrogens is 443 g/mol. The van der Waals surface area contributed by atoms with Gasteiger partial charge < -0.3 is 0 Å². The number of rotatable bonds is 2. The summed E-state index contributed by atoms with van der Waals surface area (Å²) in [6.07, 6.45) is 0. The Morgan fingerprint density at radius 3 is 1.62 bits per heavy atom. The summed E-state index contributed by atoms with van der Waals surface area (Å²) in [7, 11) is 4.44. The van der Waals surface area contributed by atoms with E-state index < -0.39 is 28.0 Å². The van der Waals surface area contributed by atoms with Crippen LogP contribution in [-0.2, 0) is 0 Å². The second-order valence-corrected chi connectivity index (χ2v) is 42.3. The molecule has 0 aliphatic rings. The molecule has 0 heterocycles. The van der Waals surface area contributed by atoms with Crippen LogP contribution in [0.5, 0.6) is 0 Å². The molecule has 0 fully saturated rings. The summed E-state index contributed by atoms with van der Waals surface area (Å²) in [4.78, 5) is 4.91. The molecule has 0 spiro atoms. The molecule has 0 unspecified atom stereocenters. The van der Waals surface area contributed by atoms with E-state index in [-0.39, 0.29) is 0 Å². The number of hydrogen-bond acceptors (Lipinski definition) is 1. The van der Waals surface area contributed by atoms with E-state index in [9.17, 15) is 0 Å². The quantitative estimate of drug-likeness (QED) is 0.352. The molecule has 0 N–H and O–H groups in total. The van der Waals surface area contributed by atoms with Crippen LogP contribution in [-0.4, -0.2) is 27.1 Å². The topological polar surface area (TPSA) is 3.24 Å². The summed E-state index contributed by atoms with van der Waals surface area (Å²) in [6.45, 7) is 0. The Balaban J connectivity index is 3.46. The molecule has 0 aliphatic heterocycles. The van der Waals surface area contributed by atoms with E-state index in [4.69, 9.17) is 0 Å². The zero-order valence-corrected chi connectivity index (χ0v) is 12.1. The van der Waals surface area contributed by atoms with Crippen LogP contribution in [0.15, 0.2) is 0 Å². The third-order valence-corrected chi connectivity index (χ3v) is 40.9. The molecule has 0 aromatic heterocycles. The second kappa shape index (κ2) is 4.89. The van der Waals surface area contributed by atoms with E-state index in [1.165, 1.54) is 0 Å². The van der Waals surface area contributed by atoms with Crippen molar-refractivity contribution in [1.82, 2.24) is 3.11 Å². The first-order chi connectivity index (χ1) is 3.55. The van der Waals surface area contributed by atoms with Crippen molar-refractivity contribution in [2.45, 2.75) is 0 Å². The molecule has 0 aromatic rings. The van der Waals surface area contributed by atoms with Crippen molar-refractivity contribution in [3.05, 3.63) is 0 Å². The predicted octanol–water partition coefficient (Wildman–Crippen LogP) is 3.00. The summed E-state index contributed by atoms with van der Waals surface area (Å²) in [5.41, 5.74) is 0. The SMILES string of the molecule is CN(C)I(C)I(C)I. The first kappa shape index (κ1) is 10.2. The van der Waals surface area contributed by atoms with Gasteiger partial charge in [0.05, 0.1) is 0 Å². The van der Waals surface area contributed by atoms with E-state index in [0.717, 1.165) is 0 Å². The molecule has 8 heavy (non-hydrogen) atoms. The molecule has 0 saturated carbocycles. The van der Waals surface area contributed by atoms with Gasteiger partial charge in [-0.25, -0.2) is 0 Å². The normalized spacial score (nSPS) is 14.2. The van der Waals surface area contributed by atoms with Crippen molar-refractivity contribution in [2.24, 2.45) is 0 Å². The van der Waals surface area contributed by atoms with Gasteiger partial charge in [0, 0.05) is 0 Å². The molecular formula is C4H12I3N. The number of hydrogen-bond donors (Lipinski definition) is 0. The van der Waals surface area contributed by atoms with E-state index in [1.807, 2.05) is 0 Å². The minimum absolute atomic E-state index is 0.419. The molecule has 1 nitrogen and oxygen atoms in total. The van der Waals surface area contributed by atoms with Crippen LogP contribution in [0.3, 0.4) is 0 Å². The van der Waals surface area contributed by atoms with E-state index in [0.29, 0.717) is 0 Å². The van der Waals surface area contributed by atoms with Crippen molar-refractivity contribution in [3.63, 3.8) is 0 Å². The van der Waals surface area contributed by atoms with E-state index in [2.05, 4.69) is 45.7 Å². The van der Waals surface area contributed by atoms with Crippen LogP contribution < -0.4 is 0 Å². The maximum atomic E-state index is 2.67. The molecule has 4 heteroatoms. The van der Waals surface area contributed by atoms with Gasteiger partial charge in [0.2, 0.25) is 0 Å². The van der Waals surface area contributed by atoms with Crippen molar-refractivity contribution in [1.29, 1.82) is 0 Å². The van der Waals surface area contributed by atoms with Crippen LogP contribution in [0.4, 0.5) is 0 Å². The Hall–Kier alpha value is 2.15. The van der Waals surface area contributed by atoms with Crippen molar-refractivity contribution < 1.29 is 0 Å². The minimum atomic E-state index is -0.528. The first-order valence-corrected chi connectivity index (χ1v) is 20.0. The molecule has 0 bridgehead atoms.